The van der Waals surface area contributed by atoms with Gasteiger partial charge in [-0.1, -0.05) is 13.8 Å². The Bertz CT molecular complexity index is 206. The van der Waals surface area contributed by atoms with Crippen molar-refractivity contribution < 1.29 is 0 Å². The van der Waals surface area contributed by atoms with Crippen LogP contribution in [0.4, 0.5) is 0 Å². The third-order valence-corrected chi connectivity index (χ3v) is 4.95. The van der Waals surface area contributed by atoms with E-state index in [1.54, 1.807) is 0 Å². The lowest BCUT2D eigenvalue weighted by atomic mass is 10.1. The SMILES string of the molecule is CCC1CN(CC(C)CNC2CC2)CCS1. The molecule has 0 aromatic carbocycles. The monoisotopic (exact) mass is 242 g/mol. The Hall–Kier alpha value is 0.270. The second-order valence-electron chi connectivity index (χ2n) is 5.45. The first-order valence-corrected chi connectivity index (χ1v) is 7.90. The van der Waals surface area contributed by atoms with Gasteiger partial charge in [-0.2, -0.15) is 11.8 Å². The van der Waals surface area contributed by atoms with Gasteiger partial charge < -0.3 is 10.2 Å². The van der Waals surface area contributed by atoms with Gasteiger partial charge in [0.05, 0.1) is 0 Å². The van der Waals surface area contributed by atoms with Crippen LogP contribution in [0.3, 0.4) is 0 Å². The Balaban J connectivity index is 1.62. The Kier molecular flexibility index (Phi) is 4.98. The van der Waals surface area contributed by atoms with Gasteiger partial charge in [-0.3, -0.25) is 0 Å². The van der Waals surface area contributed by atoms with Crippen molar-refractivity contribution in [3.63, 3.8) is 0 Å². The summed E-state index contributed by atoms with van der Waals surface area (Å²) >= 11 is 2.16. The van der Waals surface area contributed by atoms with E-state index in [9.17, 15) is 0 Å². The van der Waals surface area contributed by atoms with Gasteiger partial charge in [-0.05, 0) is 31.7 Å². The minimum absolute atomic E-state index is 0.807. The zero-order valence-electron chi connectivity index (χ0n) is 10.7. The molecular weight excluding hydrogens is 216 g/mol. The molecule has 0 radical (unpaired) electrons. The molecule has 2 fully saturated rings. The Morgan fingerprint density at radius 1 is 1.44 bits per heavy atom. The normalized spacial score (nSPS) is 29.2. The maximum Gasteiger partial charge on any atom is 0.0172 e. The van der Waals surface area contributed by atoms with Crippen molar-refractivity contribution in [2.45, 2.75) is 44.4 Å². The molecule has 1 N–H and O–H groups in total. The Morgan fingerprint density at radius 3 is 2.94 bits per heavy atom. The summed E-state index contributed by atoms with van der Waals surface area (Å²) in [6.07, 6.45) is 4.14. The van der Waals surface area contributed by atoms with E-state index in [1.165, 1.54) is 51.2 Å². The van der Waals surface area contributed by atoms with Crippen LogP contribution in [0.5, 0.6) is 0 Å². The quantitative estimate of drug-likeness (QED) is 0.769. The predicted octanol–water partition coefficient (Wildman–Crippen LogP) is 2.20. The lowest BCUT2D eigenvalue weighted by Crippen LogP contribution is -2.41. The van der Waals surface area contributed by atoms with Crippen LogP contribution in [0.1, 0.15) is 33.1 Å². The van der Waals surface area contributed by atoms with Crippen molar-refractivity contribution in [3.8, 4) is 0 Å². The van der Waals surface area contributed by atoms with Crippen LogP contribution < -0.4 is 5.32 Å². The molecule has 2 aliphatic rings. The zero-order valence-corrected chi connectivity index (χ0v) is 11.6. The fourth-order valence-electron chi connectivity index (χ4n) is 2.35. The first kappa shape index (κ1) is 12.7. The highest BCUT2D eigenvalue weighted by Crippen LogP contribution is 2.22. The van der Waals surface area contributed by atoms with Gasteiger partial charge in [-0.25, -0.2) is 0 Å². The molecule has 2 rings (SSSR count). The van der Waals surface area contributed by atoms with Crippen LogP contribution >= 0.6 is 11.8 Å². The first-order chi connectivity index (χ1) is 7.78. The second kappa shape index (κ2) is 6.27. The topological polar surface area (TPSA) is 15.3 Å². The molecule has 16 heavy (non-hydrogen) atoms. The van der Waals surface area contributed by atoms with Crippen LogP contribution in [0.2, 0.25) is 0 Å². The average molecular weight is 242 g/mol. The molecule has 1 saturated heterocycles. The van der Waals surface area contributed by atoms with Crippen LogP contribution in [0.15, 0.2) is 0 Å². The van der Waals surface area contributed by atoms with Crippen molar-refractivity contribution in [3.05, 3.63) is 0 Å². The summed E-state index contributed by atoms with van der Waals surface area (Å²) in [5.74, 6) is 2.14. The van der Waals surface area contributed by atoms with Crippen LogP contribution in [0, 0.1) is 5.92 Å². The third kappa shape index (κ3) is 4.27. The summed E-state index contributed by atoms with van der Waals surface area (Å²) in [7, 11) is 0. The molecule has 1 aliphatic heterocycles. The van der Waals surface area contributed by atoms with Crippen molar-refractivity contribution in [1.29, 1.82) is 0 Å². The molecule has 2 atom stereocenters. The van der Waals surface area contributed by atoms with Crippen LogP contribution in [-0.4, -0.2) is 48.1 Å². The van der Waals surface area contributed by atoms with Crippen molar-refractivity contribution in [2.75, 3.05) is 31.9 Å². The Labute approximate surface area is 105 Å². The first-order valence-electron chi connectivity index (χ1n) is 6.85. The van der Waals surface area contributed by atoms with Gasteiger partial charge in [0, 0.05) is 36.7 Å². The number of nitrogens with one attached hydrogen (secondary N) is 1. The molecule has 3 heteroatoms. The van der Waals surface area contributed by atoms with E-state index in [1.807, 2.05) is 0 Å². The van der Waals surface area contributed by atoms with E-state index < -0.39 is 0 Å². The molecule has 0 aromatic rings. The highest BCUT2D eigenvalue weighted by Gasteiger charge is 2.23. The summed E-state index contributed by atoms with van der Waals surface area (Å²) < 4.78 is 0. The second-order valence-corrected chi connectivity index (χ2v) is 6.86. The molecule has 0 bridgehead atoms. The van der Waals surface area contributed by atoms with Crippen LogP contribution in [-0.2, 0) is 0 Å². The van der Waals surface area contributed by atoms with E-state index in [0.717, 1.165) is 17.2 Å². The van der Waals surface area contributed by atoms with Gasteiger partial charge in [-0.15, -0.1) is 0 Å². The molecule has 0 spiro atoms. The molecule has 1 aliphatic carbocycles. The minimum Gasteiger partial charge on any atom is -0.314 e. The maximum atomic E-state index is 3.64. The van der Waals surface area contributed by atoms with E-state index in [-0.39, 0.29) is 0 Å². The van der Waals surface area contributed by atoms with Gasteiger partial charge >= 0.3 is 0 Å². The largest absolute Gasteiger partial charge is 0.314 e. The summed E-state index contributed by atoms with van der Waals surface area (Å²) in [4.78, 5) is 2.67. The summed E-state index contributed by atoms with van der Waals surface area (Å²) in [5, 5.41) is 4.53. The van der Waals surface area contributed by atoms with E-state index in [0.29, 0.717) is 0 Å². The highest BCUT2D eigenvalue weighted by molar-refractivity contribution is 8.00. The standard InChI is InChI=1S/C13H26N2S/c1-3-13-10-15(6-7-16-13)9-11(2)8-14-12-4-5-12/h11-14H,3-10H2,1-2H3. The molecule has 1 saturated carbocycles. The minimum atomic E-state index is 0.807. The fraction of sp³-hybridized carbons (Fsp3) is 1.00. The predicted molar refractivity (Wildman–Crippen MR) is 73.2 cm³/mol. The number of hydrogen-bond donors (Lipinski definition) is 1. The lowest BCUT2D eigenvalue weighted by molar-refractivity contribution is 0.240. The molecule has 0 amide bonds. The van der Waals surface area contributed by atoms with E-state index in [2.05, 4.69) is 35.8 Å². The van der Waals surface area contributed by atoms with Gasteiger partial charge in [0.25, 0.3) is 0 Å². The van der Waals surface area contributed by atoms with E-state index in [4.69, 9.17) is 0 Å². The number of rotatable bonds is 6. The lowest BCUT2D eigenvalue weighted by Gasteiger charge is -2.33. The number of thioether (sulfide) groups is 1. The van der Waals surface area contributed by atoms with E-state index >= 15 is 0 Å². The van der Waals surface area contributed by atoms with Crippen molar-refractivity contribution >= 4 is 11.8 Å². The van der Waals surface area contributed by atoms with Gasteiger partial charge in [0.2, 0.25) is 0 Å². The summed E-state index contributed by atoms with van der Waals surface area (Å²) in [5.41, 5.74) is 0. The summed E-state index contributed by atoms with van der Waals surface area (Å²) in [6, 6.07) is 0.864. The molecule has 0 aromatic heterocycles. The number of nitrogens with zero attached hydrogens (tertiary/aromatic N) is 1. The summed E-state index contributed by atoms with van der Waals surface area (Å²) in [6.45, 7) is 9.82. The molecular formula is C13H26N2S. The number of hydrogen-bond acceptors (Lipinski definition) is 3. The van der Waals surface area contributed by atoms with Crippen molar-refractivity contribution in [1.82, 2.24) is 10.2 Å². The van der Waals surface area contributed by atoms with Crippen molar-refractivity contribution in [2.24, 2.45) is 5.92 Å². The average Bonchev–Trinajstić information content (AvgIpc) is 3.10. The molecule has 2 nitrogen and oxygen atoms in total. The highest BCUT2D eigenvalue weighted by atomic mass is 32.2. The van der Waals surface area contributed by atoms with Gasteiger partial charge in [0.1, 0.15) is 0 Å². The molecule has 1 heterocycles. The van der Waals surface area contributed by atoms with Crippen LogP contribution in [0.25, 0.3) is 0 Å². The maximum absolute atomic E-state index is 3.64. The molecule has 94 valence electrons. The fourth-order valence-corrected chi connectivity index (χ4v) is 3.60. The smallest absolute Gasteiger partial charge is 0.0172 e. The Morgan fingerprint density at radius 2 is 2.25 bits per heavy atom. The zero-order chi connectivity index (χ0) is 11.4. The molecule has 2 unspecified atom stereocenters. The van der Waals surface area contributed by atoms with Gasteiger partial charge in [0.15, 0.2) is 0 Å². The third-order valence-electron chi connectivity index (χ3n) is 3.58.